The van der Waals surface area contributed by atoms with Crippen molar-refractivity contribution < 1.29 is 28.8 Å². The summed E-state index contributed by atoms with van der Waals surface area (Å²) < 4.78 is 10.1. The smallest absolute Gasteiger partial charge is 0.311 e. The maximum atomic E-state index is 11.6. The minimum Gasteiger partial charge on any atom is -0.421 e. The van der Waals surface area contributed by atoms with Gasteiger partial charge in [-0.15, -0.1) is 0 Å². The zero-order chi connectivity index (χ0) is 15.1. The molecule has 0 spiro atoms. The van der Waals surface area contributed by atoms with Crippen LogP contribution in [0.1, 0.15) is 40.5 Å². The standard InChI is InChI=1S/C14H22O6/c1-9(2)14(16)19-13(18-11(4)15)8-10(3)12-6-5-7-17-20-12/h8-9,12-13H,5-7H2,1-4H3. The summed E-state index contributed by atoms with van der Waals surface area (Å²) in [6, 6.07) is 0. The molecule has 0 aromatic rings. The number of carbonyl (C=O) groups is 2. The van der Waals surface area contributed by atoms with Gasteiger partial charge < -0.3 is 9.47 Å². The number of hydrogen-bond acceptors (Lipinski definition) is 6. The quantitative estimate of drug-likeness (QED) is 0.334. The van der Waals surface area contributed by atoms with Gasteiger partial charge in [0.1, 0.15) is 6.10 Å². The lowest BCUT2D eigenvalue weighted by atomic mass is 10.1. The van der Waals surface area contributed by atoms with Crippen LogP contribution in [0.15, 0.2) is 11.6 Å². The molecular formula is C14H22O6. The van der Waals surface area contributed by atoms with Crippen LogP contribution in [0.4, 0.5) is 0 Å². The number of rotatable bonds is 5. The summed E-state index contributed by atoms with van der Waals surface area (Å²) in [5.74, 6) is -1.24. The van der Waals surface area contributed by atoms with Crippen molar-refractivity contribution in [1.82, 2.24) is 0 Å². The van der Waals surface area contributed by atoms with E-state index in [0.717, 1.165) is 18.4 Å². The van der Waals surface area contributed by atoms with E-state index < -0.39 is 18.2 Å². The predicted molar refractivity (Wildman–Crippen MR) is 70.3 cm³/mol. The van der Waals surface area contributed by atoms with Crippen molar-refractivity contribution in [3.8, 4) is 0 Å². The van der Waals surface area contributed by atoms with Crippen LogP contribution in [0.3, 0.4) is 0 Å². The molecule has 1 rings (SSSR count). The van der Waals surface area contributed by atoms with Gasteiger partial charge in [0.15, 0.2) is 0 Å². The van der Waals surface area contributed by atoms with Gasteiger partial charge >= 0.3 is 11.9 Å². The van der Waals surface area contributed by atoms with Gasteiger partial charge in [-0.05, 0) is 31.4 Å². The van der Waals surface area contributed by atoms with E-state index in [1.54, 1.807) is 19.9 Å². The lowest BCUT2D eigenvalue weighted by Gasteiger charge is -2.23. The molecule has 114 valence electrons. The maximum absolute atomic E-state index is 11.6. The summed E-state index contributed by atoms with van der Waals surface area (Å²) in [5, 5.41) is 0. The van der Waals surface area contributed by atoms with E-state index in [0.29, 0.717) is 6.61 Å². The van der Waals surface area contributed by atoms with Gasteiger partial charge in [-0.1, -0.05) is 13.8 Å². The Morgan fingerprint density at radius 1 is 1.25 bits per heavy atom. The van der Waals surface area contributed by atoms with Gasteiger partial charge in [0.25, 0.3) is 6.29 Å². The van der Waals surface area contributed by atoms with E-state index in [2.05, 4.69) is 0 Å². The van der Waals surface area contributed by atoms with E-state index >= 15 is 0 Å². The molecule has 0 amide bonds. The van der Waals surface area contributed by atoms with Crippen molar-refractivity contribution in [3.63, 3.8) is 0 Å². The van der Waals surface area contributed by atoms with Crippen molar-refractivity contribution in [2.24, 2.45) is 5.92 Å². The van der Waals surface area contributed by atoms with Gasteiger partial charge in [0.2, 0.25) is 0 Å². The van der Waals surface area contributed by atoms with E-state index in [-0.39, 0.29) is 12.0 Å². The van der Waals surface area contributed by atoms with Crippen LogP contribution in [0.2, 0.25) is 0 Å². The van der Waals surface area contributed by atoms with Gasteiger partial charge in [-0.2, -0.15) is 0 Å². The molecule has 6 heteroatoms. The highest BCUT2D eigenvalue weighted by molar-refractivity contribution is 5.72. The number of carbonyl (C=O) groups excluding carboxylic acids is 2. The number of esters is 2. The molecule has 0 saturated carbocycles. The third-order valence-corrected chi connectivity index (χ3v) is 2.77. The van der Waals surface area contributed by atoms with E-state index in [1.807, 2.05) is 6.92 Å². The number of ether oxygens (including phenoxy) is 2. The summed E-state index contributed by atoms with van der Waals surface area (Å²) in [6.45, 7) is 7.07. The second-order valence-corrected chi connectivity index (χ2v) is 5.03. The SMILES string of the molecule is CC(=O)OC(C=C(C)C1CCCOO1)OC(=O)C(C)C. The van der Waals surface area contributed by atoms with Crippen molar-refractivity contribution >= 4 is 11.9 Å². The summed E-state index contributed by atoms with van der Waals surface area (Å²) in [4.78, 5) is 32.7. The molecule has 0 bridgehead atoms. The molecule has 1 fully saturated rings. The summed E-state index contributed by atoms with van der Waals surface area (Å²) in [7, 11) is 0. The Balaban J connectivity index is 2.70. The first-order valence-corrected chi connectivity index (χ1v) is 6.74. The zero-order valence-electron chi connectivity index (χ0n) is 12.4. The highest BCUT2D eigenvalue weighted by atomic mass is 17.2. The molecule has 0 aromatic carbocycles. The molecule has 0 aromatic heterocycles. The van der Waals surface area contributed by atoms with Crippen LogP contribution >= 0.6 is 0 Å². The topological polar surface area (TPSA) is 71.1 Å². The van der Waals surface area contributed by atoms with Crippen LogP contribution in [-0.4, -0.2) is 30.9 Å². The fourth-order valence-corrected chi connectivity index (χ4v) is 1.64. The van der Waals surface area contributed by atoms with Crippen LogP contribution < -0.4 is 0 Å². The maximum Gasteiger partial charge on any atom is 0.311 e. The molecule has 0 aliphatic carbocycles. The molecule has 2 atom stereocenters. The molecule has 1 heterocycles. The van der Waals surface area contributed by atoms with E-state index in [4.69, 9.17) is 19.2 Å². The Morgan fingerprint density at radius 2 is 1.95 bits per heavy atom. The Morgan fingerprint density at radius 3 is 2.45 bits per heavy atom. The largest absolute Gasteiger partial charge is 0.421 e. The van der Waals surface area contributed by atoms with Gasteiger partial charge in [-0.3, -0.25) is 9.59 Å². The molecule has 20 heavy (non-hydrogen) atoms. The van der Waals surface area contributed by atoms with Crippen molar-refractivity contribution in [2.75, 3.05) is 6.61 Å². The predicted octanol–water partition coefficient (Wildman–Crippen LogP) is 2.13. The lowest BCUT2D eigenvalue weighted by molar-refractivity contribution is -0.336. The molecule has 0 N–H and O–H groups in total. The van der Waals surface area contributed by atoms with Crippen LogP contribution in [0, 0.1) is 5.92 Å². The highest BCUT2D eigenvalue weighted by Crippen LogP contribution is 2.19. The summed E-state index contributed by atoms with van der Waals surface area (Å²) in [5.41, 5.74) is 0.799. The van der Waals surface area contributed by atoms with Gasteiger partial charge in [0, 0.05) is 6.92 Å². The first-order valence-electron chi connectivity index (χ1n) is 6.74. The van der Waals surface area contributed by atoms with Crippen molar-refractivity contribution in [3.05, 3.63) is 11.6 Å². The minimum absolute atomic E-state index is 0.209. The second kappa shape index (κ2) is 8.01. The minimum atomic E-state index is -1.03. The van der Waals surface area contributed by atoms with E-state index in [1.165, 1.54) is 6.92 Å². The fourth-order valence-electron chi connectivity index (χ4n) is 1.64. The summed E-state index contributed by atoms with van der Waals surface area (Å²) >= 11 is 0. The molecule has 1 aliphatic heterocycles. The normalized spacial score (nSPS) is 21.4. The molecular weight excluding hydrogens is 264 g/mol. The van der Waals surface area contributed by atoms with E-state index in [9.17, 15) is 9.59 Å². The second-order valence-electron chi connectivity index (χ2n) is 5.03. The Kier molecular flexibility index (Phi) is 6.67. The highest BCUT2D eigenvalue weighted by Gasteiger charge is 2.22. The van der Waals surface area contributed by atoms with Gasteiger partial charge in [-0.25, -0.2) is 9.78 Å². The lowest BCUT2D eigenvalue weighted by Crippen LogP contribution is -2.27. The van der Waals surface area contributed by atoms with Crippen LogP contribution in [-0.2, 0) is 28.8 Å². The monoisotopic (exact) mass is 286 g/mol. The van der Waals surface area contributed by atoms with Crippen LogP contribution in [0.25, 0.3) is 0 Å². The molecule has 6 nitrogen and oxygen atoms in total. The molecule has 1 saturated heterocycles. The Hall–Kier alpha value is -1.40. The zero-order valence-corrected chi connectivity index (χ0v) is 12.4. The first-order chi connectivity index (χ1) is 9.40. The average Bonchev–Trinajstić information content (AvgIpc) is 2.38. The average molecular weight is 286 g/mol. The molecule has 1 aliphatic rings. The third-order valence-electron chi connectivity index (χ3n) is 2.77. The van der Waals surface area contributed by atoms with Crippen molar-refractivity contribution in [1.29, 1.82) is 0 Å². The van der Waals surface area contributed by atoms with Gasteiger partial charge in [0.05, 0.1) is 12.5 Å². The van der Waals surface area contributed by atoms with Crippen molar-refractivity contribution in [2.45, 2.75) is 52.9 Å². The molecule has 2 unspecified atom stereocenters. The molecule has 0 radical (unpaired) electrons. The fraction of sp³-hybridized carbons (Fsp3) is 0.714. The third kappa shape index (κ3) is 5.71. The number of hydrogen-bond donors (Lipinski definition) is 0. The van der Waals surface area contributed by atoms with Crippen LogP contribution in [0.5, 0.6) is 0 Å². The Bertz CT molecular complexity index is 368. The summed E-state index contributed by atoms with van der Waals surface area (Å²) in [6.07, 6.45) is 2.03. The Labute approximate surface area is 118 Å². The first kappa shape index (κ1) is 16.7.